The third kappa shape index (κ3) is 13.8. The summed E-state index contributed by atoms with van der Waals surface area (Å²) in [6.45, 7) is 2.17. The Morgan fingerprint density at radius 3 is 1.93 bits per heavy atom. The van der Waals surface area contributed by atoms with Crippen LogP contribution in [0.25, 0.3) is 0 Å². The Bertz CT molecular complexity index is 129. The molecule has 0 heterocycles. The number of rotatable bonds is 9. The zero-order chi connectivity index (χ0) is 11.6. The van der Waals surface area contributed by atoms with Crippen LogP contribution in [-0.4, -0.2) is 6.18 Å². The lowest BCUT2D eigenvalue weighted by atomic mass is 10.1. The van der Waals surface area contributed by atoms with Crippen molar-refractivity contribution in [2.45, 2.75) is 70.9 Å². The molecule has 0 fully saturated rings. The van der Waals surface area contributed by atoms with Crippen molar-refractivity contribution in [3.05, 3.63) is 6.42 Å². The lowest BCUT2D eigenvalue weighted by Gasteiger charge is -2.05. The van der Waals surface area contributed by atoms with E-state index in [9.17, 15) is 13.2 Å². The molecule has 0 aromatic rings. The standard InChI is InChI=1S/C12H22F3/c1-2-3-4-5-6-7-8-9-10-11-12(13,14)15/h10H,2-9,11H2,1H3. The minimum absolute atomic E-state index is 0.604. The van der Waals surface area contributed by atoms with Crippen molar-refractivity contribution < 1.29 is 13.2 Å². The molecule has 0 aliphatic carbocycles. The average Bonchev–Trinajstić information content (AvgIpc) is 2.14. The normalized spacial score (nSPS) is 12.0. The van der Waals surface area contributed by atoms with E-state index < -0.39 is 12.6 Å². The lowest BCUT2D eigenvalue weighted by molar-refractivity contribution is -0.128. The summed E-state index contributed by atoms with van der Waals surface area (Å²) >= 11 is 0. The summed E-state index contributed by atoms with van der Waals surface area (Å²) in [4.78, 5) is 0. The molecule has 0 rings (SSSR count). The second-order valence-corrected chi connectivity index (χ2v) is 4.02. The van der Waals surface area contributed by atoms with Crippen molar-refractivity contribution >= 4 is 0 Å². The smallest absolute Gasteiger partial charge is 0.171 e. The lowest BCUT2D eigenvalue weighted by Crippen LogP contribution is -2.06. The predicted octanol–water partition coefficient (Wildman–Crippen LogP) is 5.28. The highest BCUT2D eigenvalue weighted by Gasteiger charge is 2.25. The highest BCUT2D eigenvalue weighted by molar-refractivity contribution is 4.69. The third-order valence-corrected chi connectivity index (χ3v) is 2.39. The second kappa shape index (κ2) is 9.05. The molecule has 0 saturated carbocycles. The maximum Gasteiger partial charge on any atom is 0.389 e. The van der Waals surface area contributed by atoms with Gasteiger partial charge in [0.2, 0.25) is 0 Å². The molecule has 91 valence electrons. The van der Waals surface area contributed by atoms with Crippen molar-refractivity contribution in [2.75, 3.05) is 0 Å². The van der Waals surface area contributed by atoms with Gasteiger partial charge in [-0.2, -0.15) is 13.2 Å². The largest absolute Gasteiger partial charge is 0.389 e. The van der Waals surface area contributed by atoms with Crippen LogP contribution in [0, 0.1) is 6.42 Å². The minimum atomic E-state index is -4.01. The van der Waals surface area contributed by atoms with E-state index in [0.29, 0.717) is 6.42 Å². The molecule has 0 spiro atoms. The van der Waals surface area contributed by atoms with Gasteiger partial charge in [-0.15, -0.1) is 0 Å². The molecule has 0 amide bonds. The zero-order valence-electron chi connectivity index (χ0n) is 9.58. The van der Waals surface area contributed by atoms with E-state index >= 15 is 0 Å². The quantitative estimate of drug-likeness (QED) is 0.466. The third-order valence-electron chi connectivity index (χ3n) is 2.39. The van der Waals surface area contributed by atoms with Crippen molar-refractivity contribution in [2.24, 2.45) is 0 Å². The highest BCUT2D eigenvalue weighted by Crippen LogP contribution is 2.22. The predicted molar refractivity (Wildman–Crippen MR) is 57.6 cm³/mol. The minimum Gasteiger partial charge on any atom is -0.171 e. The maximum atomic E-state index is 11.7. The zero-order valence-corrected chi connectivity index (χ0v) is 9.58. The first kappa shape index (κ1) is 14.8. The molecule has 0 nitrogen and oxygen atoms in total. The molecular formula is C12H22F3. The molecule has 15 heavy (non-hydrogen) atoms. The Kier molecular flexibility index (Phi) is 8.92. The van der Waals surface area contributed by atoms with E-state index in [1.807, 2.05) is 0 Å². The van der Waals surface area contributed by atoms with Crippen molar-refractivity contribution in [3.63, 3.8) is 0 Å². The first-order valence-corrected chi connectivity index (χ1v) is 5.94. The van der Waals surface area contributed by atoms with Gasteiger partial charge in [0.1, 0.15) is 0 Å². The molecule has 0 aromatic carbocycles. The van der Waals surface area contributed by atoms with E-state index in [1.54, 1.807) is 0 Å². The van der Waals surface area contributed by atoms with Crippen LogP contribution < -0.4 is 0 Å². The number of halogens is 3. The first-order chi connectivity index (χ1) is 7.06. The molecule has 0 N–H and O–H groups in total. The molecule has 0 saturated heterocycles. The van der Waals surface area contributed by atoms with Gasteiger partial charge in [0.15, 0.2) is 0 Å². The van der Waals surface area contributed by atoms with Gasteiger partial charge in [-0.25, -0.2) is 0 Å². The summed E-state index contributed by atoms with van der Waals surface area (Å²) in [6, 6.07) is 0. The molecule has 0 unspecified atom stereocenters. The van der Waals surface area contributed by atoms with Gasteiger partial charge in [0, 0.05) is 6.42 Å². The Hall–Kier alpha value is -0.210. The summed E-state index contributed by atoms with van der Waals surface area (Å²) in [5.74, 6) is 0. The second-order valence-electron chi connectivity index (χ2n) is 4.02. The SMILES string of the molecule is CCCCCCCCC[CH]CC(F)(F)F. The summed E-state index contributed by atoms with van der Waals surface area (Å²) in [5, 5.41) is 0. The Morgan fingerprint density at radius 2 is 1.40 bits per heavy atom. The molecule has 0 bridgehead atoms. The molecule has 3 heteroatoms. The molecule has 0 aliphatic heterocycles. The fourth-order valence-corrected chi connectivity index (χ4v) is 1.51. The van der Waals surface area contributed by atoms with Crippen molar-refractivity contribution in [3.8, 4) is 0 Å². The van der Waals surface area contributed by atoms with Gasteiger partial charge in [0.05, 0.1) is 0 Å². The van der Waals surface area contributed by atoms with Gasteiger partial charge in [-0.3, -0.25) is 0 Å². The molecule has 0 aromatic heterocycles. The van der Waals surface area contributed by atoms with E-state index in [1.165, 1.54) is 38.5 Å². The summed E-state index contributed by atoms with van der Waals surface area (Å²) < 4.78 is 35.2. The van der Waals surface area contributed by atoms with Crippen LogP contribution in [0.4, 0.5) is 13.2 Å². The van der Waals surface area contributed by atoms with Crippen molar-refractivity contribution in [1.29, 1.82) is 0 Å². The molecular weight excluding hydrogens is 201 g/mol. The summed E-state index contributed by atoms with van der Waals surface area (Å²) in [6.07, 6.45) is 5.36. The van der Waals surface area contributed by atoms with Crippen LogP contribution in [0.2, 0.25) is 0 Å². The first-order valence-electron chi connectivity index (χ1n) is 5.94. The number of hydrogen-bond acceptors (Lipinski definition) is 0. The van der Waals surface area contributed by atoms with Crippen LogP contribution in [-0.2, 0) is 0 Å². The van der Waals surface area contributed by atoms with Gasteiger partial charge in [-0.05, 0) is 12.8 Å². The van der Waals surface area contributed by atoms with Crippen LogP contribution >= 0.6 is 0 Å². The van der Waals surface area contributed by atoms with Crippen molar-refractivity contribution in [1.82, 2.24) is 0 Å². The number of hydrogen-bond donors (Lipinski definition) is 0. The summed E-state index contributed by atoms with van der Waals surface area (Å²) in [5.41, 5.74) is 0. The van der Waals surface area contributed by atoms with Crippen LogP contribution in [0.3, 0.4) is 0 Å². The molecule has 0 aliphatic rings. The molecule has 1 radical (unpaired) electrons. The van der Waals surface area contributed by atoms with Gasteiger partial charge in [-0.1, -0.05) is 51.9 Å². The summed E-state index contributed by atoms with van der Waals surface area (Å²) in [7, 11) is 0. The van der Waals surface area contributed by atoms with E-state index in [2.05, 4.69) is 6.92 Å². The number of alkyl halides is 3. The monoisotopic (exact) mass is 223 g/mol. The fraction of sp³-hybridized carbons (Fsp3) is 0.917. The Morgan fingerprint density at radius 1 is 0.867 bits per heavy atom. The molecule has 0 atom stereocenters. The maximum absolute atomic E-state index is 11.7. The Balaban J connectivity index is 2.99. The topological polar surface area (TPSA) is 0 Å². The average molecular weight is 223 g/mol. The van der Waals surface area contributed by atoms with Gasteiger partial charge in [0.25, 0.3) is 0 Å². The van der Waals surface area contributed by atoms with Crippen LogP contribution in [0.1, 0.15) is 64.7 Å². The van der Waals surface area contributed by atoms with Crippen LogP contribution in [0.5, 0.6) is 0 Å². The van der Waals surface area contributed by atoms with Gasteiger partial charge >= 0.3 is 6.18 Å². The highest BCUT2D eigenvalue weighted by atomic mass is 19.4. The van der Waals surface area contributed by atoms with Gasteiger partial charge < -0.3 is 0 Å². The van der Waals surface area contributed by atoms with E-state index in [-0.39, 0.29) is 0 Å². The Labute approximate surface area is 91.3 Å². The van der Waals surface area contributed by atoms with E-state index in [0.717, 1.165) is 12.8 Å². The number of unbranched alkanes of at least 4 members (excludes halogenated alkanes) is 8. The fourth-order valence-electron chi connectivity index (χ4n) is 1.51. The van der Waals surface area contributed by atoms with E-state index in [4.69, 9.17) is 0 Å². The van der Waals surface area contributed by atoms with Crippen LogP contribution in [0.15, 0.2) is 0 Å².